The first-order valence-corrected chi connectivity index (χ1v) is 10.3. The Labute approximate surface area is 166 Å². The van der Waals surface area contributed by atoms with E-state index in [1.807, 2.05) is 6.92 Å². The van der Waals surface area contributed by atoms with Gasteiger partial charge in [0.05, 0.1) is 18.6 Å². The first-order valence-electron chi connectivity index (χ1n) is 8.82. The zero-order chi connectivity index (χ0) is 20.9. The molecule has 8 heteroatoms. The lowest BCUT2D eigenvalue weighted by molar-refractivity contribution is 0.102. The van der Waals surface area contributed by atoms with Crippen molar-refractivity contribution in [1.29, 1.82) is 0 Å². The van der Waals surface area contributed by atoms with E-state index in [0.29, 0.717) is 23.8 Å². The van der Waals surface area contributed by atoms with Crippen LogP contribution < -0.4 is 19.5 Å². The second kappa shape index (κ2) is 8.62. The quantitative estimate of drug-likeness (QED) is 0.735. The second-order valence-corrected chi connectivity index (χ2v) is 8.82. The van der Waals surface area contributed by atoms with Crippen LogP contribution in [0.15, 0.2) is 47.4 Å². The summed E-state index contributed by atoms with van der Waals surface area (Å²) < 4.78 is 38.3. The molecule has 0 aliphatic heterocycles. The van der Waals surface area contributed by atoms with Gasteiger partial charge in [0.2, 0.25) is 10.0 Å². The number of sulfonamides is 1. The van der Waals surface area contributed by atoms with Crippen molar-refractivity contribution in [3.8, 4) is 11.5 Å². The van der Waals surface area contributed by atoms with Crippen LogP contribution in [0.3, 0.4) is 0 Å². The molecule has 0 aliphatic carbocycles. The van der Waals surface area contributed by atoms with Crippen LogP contribution in [0.2, 0.25) is 0 Å². The molecule has 0 radical (unpaired) electrons. The predicted octanol–water partition coefficient (Wildman–Crippen LogP) is 3.42. The molecule has 0 bridgehead atoms. The van der Waals surface area contributed by atoms with Gasteiger partial charge in [-0.15, -0.1) is 0 Å². The van der Waals surface area contributed by atoms with Crippen LogP contribution in [0.5, 0.6) is 11.5 Å². The smallest absolute Gasteiger partial charge is 0.255 e. The Hall–Kier alpha value is -2.58. The highest BCUT2D eigenvalue weighted by atomic mass is 32.2. The monoisotopic (exact) mass is 406 g/mol. The van der Waals surface area contributed by atoms with Crippen molar-refractivity contribution in [2.45, 2.75) is 38.1 Å². The number of anilines is 1. The topological polar surface area (TPSA) is 93.7 Å². The van der Waals surface area contributed by atoms with Crippen molar-refractivity contribution in [2.75, 3.05) is 19.0 Å². The molecule has 2 rings (SSSR count). The van der Waals surface area contributed by atoms with Gasteiger partial charge < -0.3 is 14.8 Å². The minimum absolute atomic E-state index is 0.0272. The fourth-order valence-corrected chi connectivity index (χ4v) is 3.95. The summed E-state index contributed by atoms with van der Waals surface area (Å²) in [6, 6.07) is 10.9. The van der Waals surface area contributed by atoms with Crippen LogP contribution in [-0.4, -0.2) is 33.6 Å². The van der Waals surface area contributed by atoms with Crippen molar-refractivity contribution in [3.63, 3.8) is 0 Å². The Balaban J connectivity index is 2.24. The minimum Gasteiger partial charge on any atom is -0.493 e. The second-order valence-electron chi connectivity index (χ2n) is 7.14. The normalized spacial score (nSPS) is 11.8. The summed E-state index contributed by atoms with van der Waals surface area (Å²) in [4.78, 5) is 12.6. The molecule has 2 aromatic rings. The van der Waals surface area contributed by atoms with E-state index >= 15 is 0 Å². The van der Waals surface area contributed by atoms with E-state index in [1.165, 1.54) is 25.3 Å². The summed E-state index contributed by atoms with van der Waals surface area (Å²) in [7, 11) is -2.22. The van der Waals surface area contributed by atoms with Gasteiger partial charge in [-0.05, 0) is 58.0 Å². The number of methoxy groups -OCH3 is 1. The Morgan fingerprint density at radius 2 is 1.79 bits per heavy atom. The maximum atomic E-state index is 12.6. The van der Waals surface area contributed by atoms with Crippen LogP contribution in [-0.2, 0) is 10.0 Å². The number of nitrogens with one attached hydrogen (secondary N) is 2. The minimum atomic E-state index is -3.74. The number of rotatable bonds is 7. The SMILES string of the molecule is CCOc1ccc(NC(=O)c2cccc(S(=O)(=O)NC(C)(C)C)c2)cc1OC. The van der Waals surface area contributed by atoms with Gasteiger partial charge in [-0.25, -0.2) is 13.1 Å². The molecule has 2 aromatic carbocycles. The number of hydrogen-bond donors (Lipinski definition) is 2. The van der Waals surface area contributed by atoms with E-state index in [1.54, 1.807) is 45.0 Å². The van der Waals surface area contributed by atoms with Gasteiger partial charge in [0.15, 0.2) is 11.5 Å². The first kappa shape index (κ1) is 21.7. The molecule has 0 heterocycles. The summed E-state index contributed by atoms with van der Waals surface area (Å²) in [5, 5.41) is 2.74. The Morgan fingerprint density at radius 1 is 1.07 bits per heavy atom. The summed E-state index contributed by atoms with van der Waals surface area (Å²) >= 11 is 0. The average molecular weight is 407 g/mol. The molecule has 2 N–H and O–H groups in total. The lowest BCUT2D eigenvalue weighted by Gasteiger charge is -2.20. The van der Waals surface area contributed by atoms with Crippen molar-refractivity contribution < 1.29 is 22.7 Å². The Morgan fingerprint density at radius 3 is 2.39 bits per heavy atom. The van der Waals surface area contributed by atoms with Gasteiger partial charge in [0.1, 0.15) is 0 Å². The molecule has 0 atom stereocenters. The molecule has 28 heavy (non-hydrogen) atoms. The van der Waals surface area contributed by atoms with Gasteiger partial charge in [-0.1, -0.05) is 6.07 Å². The number of benzene rings is 2. The van der Waals surface area contributed by atoms with Gasteiger partial charge >= 0.3 is 0 Å². The fourth-order valence-electron chi connectivity index (χ4n) is 2.49. The van der Waals surface area contributed by atoms with Crippen LogP contribution >= 0.6 is 0 Å². The molecular formula is C20H26N2O5S. The number of hydrogen-bond acceptors (Lipinski definition) is 5. The van der Waals surface area contributed by atoms with Crippen molar-refractivity contribution in [1.82, 2.24) is 4.72 Å². The van der Waals surface area contributed by atoms with E-state index in [2.05, 4.69) is 10.0 Å². The van der Waals surface area contributed by atoms with Crippen LogP contribution in [0.25, 0.3) is 0 Å². The summed E-state index contributed by atoms with van der Waals surface area (Å²) in [6.45, 7) is 7.61. The Bertz CT molecular complexity index is 949. The summed E-state index contributed by atoms with van der Waals surface area (Å²) in [5.41, 5.74) is 0.103. The lowest BCUT2D eigenvalue weighted by Crippen LogP contribution is -2.40. The van der Waals surface area contributed by atoms with Gasteiger partial charge in [0.25, 0.3) is 5.91 Å². The molecule has 0 spiro atoms. The highest BCUT2D eigenvalue weighted by molar-refractivity contribution is 7.89. The average Bonchev–Trinajstić information content (AvgIpc) is 2.61. The maximum absolute atomic E-state index is 12.6. The van der Waals surface area contributed by atoms with Crippen LogP contribution in [0.4, 0.5) is 5.69 Å². The largest absolute Gasteiger partial charge is 0.493 e. The van der Waals surface area contributed by atoms with Crippen LogP contribution in [0, 0.1) is 0 Å². The molecule has 0 saturated heterocycles. The first-order chi connectivity index (χ1) is 13.1. The van der Waals surface area contributed by atoms with E-state index in [4.69, 9.17) is 9.47 Å². The third-order valence-electron chi connectivity index (χ3n) is 3.57. The highest BCUT2D eigenvalue weighted by Gasteiger charge is 2.23. The van der Waals surface area contributed by atoms with Gasteiger partial charge in [-0.3, -0.25) is 4.79 Å². The van der Waals surface area contributed by atoms with Gasteiger partial charge in [0, 0.05) is 22.9 Å². The fraction of sp³-hybridized carbons (Fsp3) is 0.350. The van der Waals surface area contributed by atoms with E-state index in [-0.39, 0.29) is 10.5 Å². The van der Waals surface area contributed by atoms with E-state index in [9.17, 15) is 13.2 Å². The third kappa shape index (κ3) is 5.71. The van der Waals surface area contributed by atoms with Crippen LogP contribution in [0.1, 0.15) is 38.1 Å². The molecule has 152 valence electrons. The molecule has 0 aromatic heterocycles. The predicted molar refractivity (Wildman–Crippen MR) is 109 cm³/mol. The zero-order valence-electron chi connectivity index (χ0n) is 16.7. The van der Waals surface area contributed by atoms with Crippen molar-refractivity contribution in [3.05, 3.63) is 48.0 Å². The van der Waals surface area contributed by atoms with Crippen molar-refractivity contribution >= 4 is 21.6 Å². The number of ether oxygens (including phenoxy) is 2. The number of carbonyl (C=O) groups excluding carboxylic acids is 1. The maximum Gasteiger partial charge on any atom is 0.255 e. The molecule has 0 aliphatic rings. The van der Waals surface area contributed by atoms with Gasteiger partial charge in [-0.2, -0.15) is 0 Å². The number of carbonyl (C=O) groups is 1. The van der Waals surface area contributed by atoms with E-state index < -0.39 is 21.5 Å². The highest BCUT2D eigenvalue weighted by Crippen LogP contribution is 2.30. The third-order valence-corrected chi connectivity index (χ3v) is 5.32. The molecule has 0 fully saturated rings. The molecule has 7 nitrogen and oxygen atoms in total. The molecule has 0 saturated carbocycles. The molecule has 0 unspecified atom stereocenters. The zero-order valence-corrected chi connectivity index (χ0v) is 17.5. The van der Waals surface area contributed by atoms with E-state index in [0.717, 1.165) is 0 Å². The summed E-state index contributed by atoms with van der Waals surface area (Å²) in [6.07, 6.45) is 0. The Kier molecular flexibility index (Phi) is 6.69. The lowest BCUT2D eigenvalue weighted by atomic mass is 10.1. The number of amides is 1. The molecule has 1 amide bonds. The molecular weight excluding hydrogens is 380 g/mol. The standard InChI is InChI=1S/C20H26N2O5S/c1-6-27-17-11-10-15(13-18(17)26-5)21-19(23)14-8-7-9-16(12-14)28(24,25)22-20(2,3)4/h7-13,22H,6H2,1-5H3,(H,21,23). The van der Waals surface area contributed by atoms with Crippen molar-refractivity contribution in [2.24, 2.45) is 0 Å². The summed E-state index contributed by atoms with van der Waals surface area (Å²) in [5.74, 6) is 0.633.